The Bertz CT molecular complexity index is 1190. The smallest absolute Gasteiger partial charge is 0.338 e. The first-order valence-electron chi connectivity index (χ1n) is 11.0. The number of hydrogen-bond acceptors (Lipinski definition) is 4. The number of halogens is 6. The molecule has 36 heavy (non-hydrogen) atoms. The van der Waals surface area contributed by atoms with Crippen LogP contribution in [0.2, 0.25) is 0 Å². The fourth-order valence-electron chi connectivity index (χ4n) is 4.62. The molecule has 0 aromatic heterocycles. The summed E-state index contributed by atoms with van der Waals surface area (Å²) in [5, 5.41) is 12.3. The van der Waals surface area contributed by atoms with E-state index in [2.05, 4.69) is 5.32 Å². The van der Waals surface area contributed by atoms with Gasteiger partial charge in [-0.1, -0.05) is 12.1 Å². The SMILES string of the molecule is N#Cc1cccc(CN2C(=O)CNC23CCN(C(=O)c2cc(C(F)(F)F)cc(C(F)(F)F)c2)CC3)c1. The fourth-order valence-corrected chi connectivity index (χ4v) is 4.62. The summed E-state index contributed by atoms with van der Waals surface area (Å²) in [6, 6.07) is 9.61. The van der Waals surface area contributed by atoms with Gasteiger partial charge in [0.2, 0.25) is 5.91 Å². The maximum Gasteiger partial charge on any atom is 0.416 e. The lowest BCUT2D eigenvalue weighted by atomic mass is 9.94. The Hall–Kier alpha value is -3.59. The van der Waals surface area contributed by atoms with E-state index in [0.717, 1.165) is 5.56 Å². The maximum atomic E-state index is 13.2. The van der Waals surface area contributed by atoms with Crippen molar-refractivity contribution in [2.24, 2.45) is 0 Å². The van der Waals surface area contributed by atoms with Crippen LogP contribution in [0.3, 0.4) is 0 Å². The average molecular weight is 510 g/mol. The van der Waals surface area contributed by atoms with Crippen molar-refractivity contribution < 1.29 is 35.9 Å². The number of nitrogens with zero attached hydrogens (tertiary/aromatic N) is 3. The van der Waals surface area contributed by atoms with Gasteiger partial charge in [-0.25, -0.2) is 0 Å². The normalized spacial score (nSPS) is 18.0. The zero-order chi connectivity index (χ0) is 26.3. The van der Waals surface area contributed by atoms with Crippen LogP contribution in [-0.4, -0.2) is 46.9 Å². The minimum atomic E-state index is -5.06. The van der Waals surface area contributed by atoms with Gasteiger partial charge in [0.05, 0.1) is 35.0 Å². The summed E-state index contributed by atoms with van der Waals surface area (Å²) in [5.41, 5.74) is -3.46. The van der Waals surface area contributed by atoms with Gasteiger partial charge in [-0.15, -0.1) is 0 Å². The van der Waals surface area contributed by atoms with Crippen LogP contribution in [0.5, 0.6) is 0 Å². The molecule has 2 heterocycles. The molecule has 2 saturated heterocycles. The third-order valence-corrected chi connectivity index (χ3v) is 6.50. The number of piperidine rings is 1. The van der Waals surface area contributed by atoms with Crippen LogP contribution >= 0.6 is 0 Å². The molecule has 2 aromatic rings. The number of benzene rings is 2. The van der Waals surface area contributed by atoms with Crippen LogP contribution in [-0.2, 0) is 23.7 Å². The molecule has 0 aliphatic carbocycles. The van der Waals surface area contributed by atoms with E-state index in [1.807, 2.05) is 6.07 Å². The van der Waals surface area contributed by atoms with E-state index in [1.165, 1.54) is 4.90 Å². The summed E-state index contributed by atoms with van der Waals surface area (Å²) < 4.78 is 79.2. The number of hydrogen-bond donors (Lipinski definition) is 1. The summed E-state index contributed by atoms with van der Waals surface area (Å²) in [4.78, 5) is 28.3. The molecule has 0 unspecified atom stereocenters. The van der Waals surface area contributed by atoms with Crippen molar-refractivity contribution >= 4 is 11.8 Å². The van der Waals surface area contributed by atoms with E-state index in [0.29, 0.717) is 17.7 Å². The first-order chi connectivity index (χ1) is 16.8. The minimum absolute atomic E-state index is 0.0186. The van der Waals surface area contributed by atoms with Crippen LogP contribution < -0.4 is 5.32 Å². The molecule has 0 radical (unpaired) electrons. The van der Waals surface area contributed by atoms with Gasteiger partial charge in [-0.2, -0.15) is 31.6 Å². The van der Waals surface area contributed by atoms with Crippen molar-refractivity contribution in [1.82, 2.24) is 15.1 Å². The number of nitrogens with one attached hydrogen (secondary N) is 1. The van der Waals surface area contributed by atoms with Gasteiger partial charge in [0.1, 0.15) is 0 Å². The van der Waals surface area contributed by atoms with Crippen molar-refractivity contribution in [2.45, 2.75) is 37.4 Å². The lowest BCUT2D eigenvalue weighted by Crippen LogP contribution is -2.59. The molecule has 0 atom stereocenters. The Balaban J connectivity index is 1.53. The highest BCUT2D eigenvalue weighted by atomic mass is 19.4. The summed E-state index contributed by atoms with van der Waals surface area (Å²) in [6.45, 7) is 0.295. The number of nitriles is 1. The maximum absolute atomic E-state index is 13.2. The third-order valence-electron chi connectivity index (χ3n) is 6.50. The van der Waals surface area contributed by atoms with E-state index in [-0.39, 0.29) is 51.0 Å². The Labute approximate surface area is 202 Å². The monoisotopic (exact) mass is 510 g/mol. The molecule has 4 rings (SSSR count). The van der Waals surface area contributed by atoms with Crippen molar-refractivity contribution in [3.8, 4) is 6.07 Å². The van der Waals surface area contributed by atoms with E-state index < -0.39 is 40.6 Å². The van der Waals surface area contributed by atoms with Crippen LogP contribution in [0, 0.1) is 11.3 Å². The largest absolute Gasteiger partial charge is 0.416 e. The fraction of sp³-hybridized carbons (Fsp3) is 0.375. The molecule has 12 heteroatoms. The predicted octanol–water partition coefficient (Wildman–Crippen LogP) is 4.16. The molecule has 190 valence electrons. The van der Waals surface area contributed by atoms with Gasteiger partial charge < -0.3 is 9.80 Å². The van der Waals surface area contributed by atoms with E-state index in [1.54, 1.807) is 29.2 Å². The van der Waals surface area contributed by atoms with Crippen molar-refractivity contribution in [2.75, 3.05) is 19.6 Å². The average Bonchev–Trinajstić information content (AvgIpc) is 3.12. The second kappa shape index (κ2) is 9.13. The summed E-state index contributed by atoms with van der Waals surface area (Å²) >= 11 is 0. The highest BCUT2D eigenvalue weighted by Gasteiger charge is 2.47. The second-order valence-electron chi connectivity index (χ2n) is 8.76. The lowest BCUT2D eigenvalue weighted by Gasteiger charge is -2.44. The van der Waals surface area contributed by atoms with E-state index >= 15 is 0 Å². The highest BCUT2D eigenvalue weighted by molar-refractivity contribution is 5.95. The Kier molecular flexibility index (Phi) is 6.47. The molecule has 0 bridgehead atoms. The van der Waals surface area contributed by atoms with Gasteiger partial charge >= 0.3 is 12.4 Å². The van der Waals surface area contributed by atoms with Gasteiger partial charge in [0.25, 0.3) is 5.91 Å². The second-order valence-corrected chi connectivity index (χ2v) is 8.76. The summed E-state index contributed by atoms with van der Waals surface area (Å²) in [7, 11) is 0. The predicted molar refractivity (Wildman–Crippen MR) is 114 cm³/mol. The zero-order valence-electron chi connectivity index (χ0n) is 18.7. The third kappa shape index (κ3) is 5.02. The highest BCUT2D eigenvalue weighted by Crippen LogP contribution is 2.37. The molecular formula is C24H20F6N4O2. The number of rotatable bonds is 3. The van der Waals surface area contributed by atoms with Crippen LogP contribution in [0.15, 0.2) is 42.5 Å². The van der Waals surface area contributed by atoms with E-state index in [4.69, 9.17) is 5.26 Å². The number of alkyl halides is 6. The number of amides is 2. The molecule has 2 aromatic carbocycles. The van der Waals surface area contributed by atoms with Crippen LogP contribution in [0.25, 0.3) is 0 Å². The number of likely N-dealkylation sites (tertiary alicyclic amines) is 1. The van der Waals surface area contributed by atoms with Crippen molar-refractivity contribution in [3.05, 3.63) is 70.3 Å². The van der Waals surface area contributed by atoms with Gasteiger partial charge in [0, 0.05) is 38.0 Å². The molecule has 0 saturated carbocycles. The van der Waals surface area contributed by atoms with Crippen LogP contribution in [0.4, 0.5) is 26.3 Å². The first-order valence-corrected chi connectivity index (χ1v) is 11.0. The lowest BCUT2D eigenvalue weighted by molar-refractivity contribution is -0.143. The van der Waals surface area contributed by atoms with Crippen molar-refractivity contribution in [1.29, 1.82) is 5.26 Å². The van der Waals surface area contributed by atoms with Gasteiger partial charge in [-0.05, 0) is 35.9 Å². The molecule has 2 aliphatic rings. The number of carbonyl (C=O) groups excluding carboxylic acids is 2. The van der Waals surface area contributed by atoms with Gasteiger partial charge in [0.15, 0.2) is 0 Å². The Morgan fingerprint density at radius 1 is 1.00 bits per heavy atom. The zero-order valence-corrected chi connectivity index (χ0v) is 18.7. The molecule has 2 amide bonds. The molecule has 2 aliphatic heterocycles. The quantitative estimate of drug-likeness (QED) is 0.630. The van der Waals surface area contributed by atoms with Crippen molar-refractivity contribution in [3.63, 3.8) is 0 Å². The molecule has 2 fully saturated rings. The summed E-state index contributed by atoms with van der Waals surface area (Å²) in [6.07, 6.45) is -9.65. The Morgan fingerprint density at radius 2 is 1.61 bits per heavy atom. The van der Waals surface area contributed by atoms with Gasteiger partial charge in [-0.3, -0.25) is 14.9 Å². The first kappa shape index (κ1) is 25.5. The Morgan fingerprint density at radius 3 is 2.17 bits per heavy atom. The van der Waals surface area contributed by atoms with Crippen LogP contribution in [0.1, 0.15) is 45.5 Å². The number of carbonyl (C=O) groups is 2. The standard InChI is InChI=1S/C24H20F6N4O2/c25-23(26,27)18-9-17(10-19(11-18)24(28,29)30)21(36)33-6-4-22(5-7-33)32-13-20(35)34(22)14-16-3-1-2-15(8-16)12-31/h1-3,8-11,32H,4-7,13-14H2. The summed E-state index contributed by atoms with van der Waals surface area (Å²) in [5.74, 6) is -1.14. The molecule has 6 nitrogen and oxygen atoms in total. The topological polar surface area (TPSA) is 76.4 Å². The molecular weight excluding hydrogens is 490 g/mol. The minimum Gasteiger partial charge on any atom is -0.338 e. The molecule has 1 N–H and O–H groups in total. The molecule has 1 spiro atoms. The van der Waals surface area contributed by atoms with E-state index in [9.17, 15) is 35.9 Å².